The van der Waals surface area contributed by atoms with Crippen molar-refractivity contribution in [1.82, 2.24) is 15.5 Å². The quantitative estimate of drug-likeness (QED) is 0.722. The van der Waals surface area contributed by atoms with Gasteiger partial charge in [0.05, 0.1) is 0 Å². The van der Waals surface area contributed by atoms with Crippen LogP contribution in [0.4, 0.5) is 4.79 Å². The summed E-state index contributed by atoms with van der Waals surface area (Å²) < 4.78 is 11.1. The van der Waals surface area contributed by atoms with Crippen molar-refractivity contribution in [2.45, 2.75) is 64.2 Å². The van der Waals surface area contributed by atoms with Gasteiger partial charge in [0, 0.05) is 5.75 Å². The summed E-state index contributed by atoms with van der Waals surface area (Å²) in [5.74, 6) is 1.21. The zero-order valence-corrected chi connectivity index (χ0v) is 17.0. The van der Waals surface area contributed by atoms with Crippen LogP contribution in [0, 0.1) is 12.8 Å². The zero-order chi connectivity index (χ0) is 19.3. The number of amides is 1. The lowest BCUT2D eigenvalue weighted by Crippen LogP contribution is -2.37. The maximum atomic E-state index is 12.1. The highest BCUT2D eigenvalue weighted by molar-refractivity contribution is 7.98. The Morgan fingerprint density at radius 3 is 2.65 bits per heavy atom. The summed E-state index contributed by atoms with van der Waals surface area (Å²) >= 11 is 1.48. The second-order valence-electron chi connectivity index (χ2n) is 7.55. The van der Waals surface area contributed by atoms with Gasteiger partial charge in [0.15, 0.2) is 0 Å². The maximum Gasteiger partial charge on any atom is 0.408 e. The molecule has 0 fully saturated rings. The van der Waals surface area contributed by atoms with Gasteiger partial charge in [-0.05, 0) is 39.2 Å². The number of rotatable bonds is 6. The number of nitrogens with one attached hydrogen (secondary N) is 1. The van der Waals surface area contributed by atoms with Crippen molar-refractivity contribution >= 4 is 17.9 Å². The Morgan fingerprint density at radius 1 is 1.31 bits per heavy atom. The molecule has 0 aliphatic heterocycles. The monoisotopic (exact) mass is 377 g/mol. The van der Waals surface area contributed by atoms with Crippen molar-refractivity contribution in [2.75, 3.05) is 0 Å². The molecule has 0 unspecified atom stereocenters. The van der Waals surface area contributed by atoms with Gasteiger partial charge in [0.1, 0.15) is 11.6 Å². The zero-order valence-electron chi connectivity index (χ0n) is 16.2. The number of nitrogens with zero attached hydrogens (tertiary/aromatic N) is 2. The minimum atomic E-state index is -0.560. The summed E-state index contributed by atoms with van der Waals surface area (Å²) in [7, 11) is 0. The first-order valence-electron chi connectivity index (χ1n) is 8.65. The third kappa shape index (κ3) is 6.37. The molecule has 1 atom stereocenters. The number of aromatic nitrogens is 2. The van der Waals surface area contributed by atoms with Crippen molar-refractivity contribution in [2.24, 2.45) is 5.92 Å². The molecule has 1 aromatic carbocycles. The number of hydrogen-bond donors (Lipinski definition) is 1. The molecule has 1 aromatic heterocycles. The van der Waals surface area contributed by atoms with E-state index in [9.17, 15) is 4.79 Å². The molecule has 1 amide bonds. The molecule has 0 saturated heterocycles. The SMILES string of the molecule is Cc1cccc(CSc2nnc([C@@H](NC(=O)OC(C)(C)C)C(C)C)o2)c1. The number of carbonyl (C=O) groups excluding carboxylic acids is 1. The van der Waals surface area contributed by atoms with Crippen molar-refractivity contribution < 1.29 is 13.9 Å². The minimum absolute atomic E-state index is 0.0811. The molecule has 1 N–H and O–H groups in total. The third-order valence-electron chi connectivity index (χ3n) is 3.47. The van der Waals surface area contributed by atoms with E-state index in [0.717, 1.165) is 5.75 Å². The van der Waals surface area contributed by atoms with E-state index in [2.05, 4.69) is 40.6 Å². The largest absolute Gasteiger partial charge is 0.444 e. The lowest BCUT2D eigenvalue weighted by molar-refractivity contribution is 0.0477. The second-order valence-corrected chi connectivity index (χ2v) is 8.48. The van der Waals surface area contributed by atoms with Crippen LogP contribution in [-0.2, 0) is 10.5 Å². The maximum absolute atomic E-state index is 12.1. The Morgan fingerprint density at radius 2 is 2.04 bits per heavy atom. The lowest BCUT2D eigenvalue weighted by atomic mass is 10.1. The van der Waals surface area contributed by atoms with Gasteiger partial charge in [-0.25, -0.2) is 4.79 Å². The first-order valence-corrected chi connectivity index (χ1v) is 9.64. The molecule has 0 saturated carbocycles. The van der Waals surface area contributed by atoms with Crippen LogP contribution in [0.5, 0.6) is 0 Å². The van der Waals surface area contributed by atoms with E-state index in [0.29, 0.717) is 11.1 Å². The fourth-order valence-electron chi connectivity index (χ4n) is 2.30. The van der Waals surface area contributed by atoms with E-state index in [1.165, 1.54) is 22.9 Å². The van der Waals surface area contributed by atoms with Crippen LogP contribution >= 0.6 is 11.8 Å². The van der Waals surface area contributed by atoms with Crippen molar-refractivity contribution in [3.63, 3.8) is 0 Å². The van der Waals surface area contributed by atoms with E-state index >= 15 is 0 Å². The molecule has 0 aliphatic carbocycles. The summed E-state index contributed by atoms with van der Waals surface area (Å²) in [4.78, 5) is 12.1. The molecular weight excluding hydrogens is 350 g/mol. The first-order chi connectivity index (χ1) is 12.1. The van der Waals surface area contributed by atoms with Crippen LogP contribution in [0.25, 0.3) is 0 Å². The number of hydrogen-bond acceptors (Lipinski definition) is 6. The highest BCUT2D eigenvalue weighted by atomic mass is 32.2. The third-order valence-corrected chi connectivity index (χ3v) is 4.36. The number of ether oxygens (including phenoxy) is 1. The van der Waals surface area contributed by atoms with Crippen molar-refractivity contribution in [3.8, 4) is 0 Å². The van der Waals surface area contributed by atoms with Crippen LogP contribution in [0.2, 0.25) is 0 Å². The molecule has 0 spiro atoms. The second kappa shape index (κ2) is 8.58. The Hall–Kier alpha value is -2.02. The van der Waals surface area contributed by atoms with Crippen LogP contribution < -0.4 is 5.32 Å². The van der Waals surface area contributed by atoms with E-state index in [4.69, 9.17) is 9.15 Å². The number of aryl methyl sites for hydroxylation is 1. The smallest absolute Gasteiger partial charge is 0.408 e. The van der Waals surface area contributed by atoms with E-state index < -0.39 is 17.7 Å². The topological polar surface area (TPSA) is 77.2 Å². The van der Waals surface area contributed by atoms with E-state index in [1.54, 1.807) is 0 Å². The predicted octanol–water partition coefficient (Wildman–Crippen LogP) is 4.89. The molecule has 0 bridgehead atoms. The molecule has 0 aliphatic rings. The molecule has 6 nitrogen and oxygen atoms in total. The number of benzene rings is 1. The molecule has 2 aromatic rings. The predicted molar refractivity (Wildman–Crippen MR) is 102 cm³/mol. The average Bonchev–Trinajstić information content (AvgIpc) is 2.97. The minimum Gasteiger partial charge on any atom is -0.444 e. The molecule has 142 valence electrons. The standard InChI is InChI=1S/C19H27N3O3S/c1-12(2)15(20-17(23)25-19(4,5)6)16-21-22-18(24-16)26-11-14-9-7-8-13(3)10-14/h7-10,12,15H,11H2,1-6H3,(H,20,23)/t15-/m0/s1. The molecule has 0 radical (unpaired) electrons. The fourth-order valence-corrected chi connectivity index (χ4v) is 3.01. The normalized spacial score (nSPS) is 12.9. The van der Waals surface area contributed by atoms with Crippen LogP contribution in [0.1, 0.15) is 57.7 Å². The average molecular weight is 378 g/mol. The van der Waals surface area contributed by atoms with Gasteiger partial charge < -0.3 is 14.5 Å². The molecular formula is C19H27N3O3S. The number of carbonyl (C=O) groups is 1. The summed E-state index contributed by atoms with van der Waals surface area (Å²) in [6, 6.07) is 7.90. The number of alkyl carbamates (subject to hydrolysis) is 1. The van der Waals surface area contributed by atoms with Gasteiger partial charge >= 0.3 is 6.09 Å². The Labute approximate surface area is 159 Å². The Bertz CT molecular complexity index is 738. The molecule has 7 heteroatoms. The van der Waals surface area contributed by atoms with E-state index in [1.807, 2.05) is 40.7 Å². The summed E-state index contributed by atoms with van der Waals surface area (Å²) in [5.41, 5.74) is 1.85. The van der Waals surface area contributed by atoms with Gasteiger partial charge in [0.2, 0.25) is 5.89 Å². The van der Waals surface area contributed by atoms with Crippen LogP contribution in [0.3, 0.4) is 0 Å². The lowest BCUT2D eigenvalue weighted by Gasteiger charge is -2.23. The van der Waals surface area contributed by atoms with Gasteiger partial charge in [-0.2, -0.15) is 0 Å². The van der Waals surface area contributed by atoms with E-state index in [-0.39, 0.29) is 5.92 Å². The van der Waals surface area contributed by atoms with Gasteiger partial charge in [-0.15, -0.1) is 10.2 Å². The van der Waals surface area contributed by atoms with Gasteiger partial charge in [0.25, 0.3) is 5.22 Å². The van der Waals surface area contributed by atoms with Crippen molar-refractivity contribution in [1.29, 1.82) is 0 Å². The van der Waals surface area contributed by atoms with Gasteiger partial charge in [-0.1, -0.05) is 55.4 Å². The van der Waals surface area contributed by atoms with Crippen LogP contribution in [0.15, 0.2) is 33.9 Å². The summed E-state index contributed by atoms with van der Waals surface area (Å²) in [6.07, 6.45) is -0.497. The summed E-state index contributed by atoms with van der Waals surface area (Å²) in [6.45, 7) is 11.5. The van der Waals surface area contributed by atoms with Crippen molar-refractivity contribution in [3.05, 3.63) is 41.3 Å². The Kier molecular flexibility index (Phi) is 6.69. The molecule has 26 heavy (non-hydrogen) atoms. The Balaban J connectivity index is 2.01. The van der Waals surface area contributed by atoms with Crippen LogP contribution in [-0.4, -0.2) is 21.9 Å². The van der Waals surface area contributed by atoms with Gasteiger partial charge in [-0.3, -0.25) is 0 Å². The highest BCUT2D eigenvalue weighted by Gasteiger charge is 2.27. The first kappa shape index (κ1) is 20.3. The summed E-state index contributed by atoms with van der Waals surface area (Å²) in [5, 5.41) is 11.5. The highest BCUT2D eigenvalue weighted by Crippen LogP contribution is 2.27. The molecule has 1 heterocycles. The number of thioether (sulfide) groups is 1. The molecule has 2 rings (SSSR count). The fraction of sp³-hybridized carbons (Fsp3) is 0.526.